The molecule has 2 aromatic carbocycles. The van der Waals surface area contributed by atoms with Crippen molar-refractivity contribution in [2.45, 2.75) is 39.0 Å². The molecule has 0 radical (unpaired) electrons. The van der Waals surface area contributed by atoms with Gasteiger partial charge in [0.15, 0.2) is 0 Å². The zero-order valence-corrected chi connectivity index (χ0v) is 18.1. The summed E-state index contributed by atoms with van der Waals surface area (Å²) in [4.78, 5) is 26.8. The van der Waals surface area contributed by atoms with Gasteiger partial charge in [0.2, 0.25) is 0 Å². The van der Waals surface area contributed by atoms with Crippen LogP contribution in [0.15, 0.2) is 54.6 Å². The van der Waals surface area contributed by atoms with Crippen LogP contribution < -0.4 is 10.6 Å². The van der Waals surface area contributed by atoms with Crippen molar-refractivity contribution in [3.05, 3.63) is 65.7 Å². The fourth-order valence-electron chi connectivity index (χ4n) is 3.80. The number of benzene rings is 2. The Labute approximate surface area is 179 Å². The van der Waals surface area contributed by atoms with Crippen LogP contribution >= 0.6 is 0 Å². The Balaban J connectivity index is 1.34. The molecule has 1 saturated heterocycles. The van der Waals surface area contributed by atoms with E-state index in [1.807, 2.05) is 30.3 Å². The van der Waals surface area contributed by atoms with Gasteiger partial charge in [-0.2, -0.15) is 0 Å². The number of piperidine rings is 1. The summed E-state index contributed by atoms with van der Waals surface area (Å²) in [7, 11) is 0. The molecule has 0 unspecified atom stereocenters. The van der Waals surface area contributed by atoms with E-state index in [-0.39, 0.29) is 0 Å². The van der Waals surface area contributed by atoms with Crippen molar-refractivity contribution in [1.82, 2.24) is 10.2 Å². The highest BCUT2D eigenvalue weighted by molar-refractivity contribution is 6.39. The molecule has 0 saturated carbocycles. The monoisotopic (exact) mass is 407 g/mol. The van der Waals surface area contributed by atoms with Crippen molar-refractivity contribution in [3.63, 3.8) is 0 Å². The fraction of sp³-hybridized carbons (Fsp3) is 0.440. The molecule has 0 aliphatic carbocycles. The minimum absolute atomic E-state index is 0.431. The third-order valence-electron chi connectivity index (χ3n) is 5.86. The van der Waals surface area contributed by atoms with Crippen LogP contribution in [0.5, 0.6) is 0 Å². The van der Waals surface area contributed by atoms with E-state index in [4.69, 9.17) is 0 Å². The van der Waals surface area contributed by atoms with E-state index in [0.29, 0.717) is 24.1 Å². The lowest BCUT2D eigenvalue weighted by Gasteiger charge is -2.32. The van der Waals surface area contributed by atoms with Crippen molar-refractivity contribution in [2.24, 2.45) is 5.92 Å². The maximum atomic E-state index is 12.2. The predicted molar refractivity (Wildman–Crippen MR) is 121 cm³/mol. The summed E-state index contributed by atoms with van der Waals surface area (Å²) in [6.07, 6.45) is 3.17. The van der Waals surface area contributed by atoms with Crippen LogP contribution in [-0.4, -0.2) is 42.9 Å². The van der Waals surface area contributed by atoms with Gasteiger partial charge < -0.3 is 15.5 Å². The quantitative estimate of drug-likeness (QED) is 0.686. The van der Waals surface area contributed by atoms with E-state index in [1.54, 1.807) is 0 Å². The van der Waals surface area contributed by atoms with Crippen molar-refractivity contribution >= 4 is 17.5 Å². The molecule has 0 aromatic heterocycles. The Bertz CT molecular complexity index is 810. The van der Waals surface area contributed by atoms with Crippen LogP contribution in [0.1, 0.15) is 43.7 Å². The third kappa shape index (κ3) is 6.70. The first-order chi connectivity index (χ1) is 14.5. The highest BCUT2D eigenvalue weighted by atomic mass is 16.2. The molecule has 1 aliphatic rings. The molecule has 1 aliphatic heterocycles. The predicted octanol–water partition coefficient (Wildman–Crippen LogP) is 3.82. The SMILES string of the molecule is CC(C)c1ccc(NC(=O)C(=O)NCC2CCN(CCc3ccccc3)CC2)cc1. The zero-order chi connectivity index (χ0) is 21.3. The molecule has 2 aromatic rings. The van der Waals surface area contributed by atoms with Crippen LogP contribution in [0.4, 0.5) is 5.69 Å². The molecule has 5 nitrogen and oxygen atoms in total. The number of rotatable bonds is 7. The number of amides is 2. The van der Waals surface area contributed by atoms with Crippen LogP contribution in [0.25, 0.3) is 0 Å². The molecule has 0 bridgehead atoms. The topological polar surface area (TPSA) is 61.4 Å². The minimum Gasteiger partial charge on any atom is -0.348 e. The summed E-state index contributed by atoms with van der Waals surface area (Å²) in [6, 6.07) is 18.2. The lowest BCUT2D eigenvalue weighted by molar-refractivity contribution is -0.136. The standard InChI is InChI=1S/C25H33N3O2/c1-19(2)22-8-10-23(11-9-22)27-25(30)24(29)26-18-21-13-16-28(17-14-21)15-12-20-6-4-3-5-7-20/h3-11,19,21H,12-18H2,1-2H3,(H,26,29)(H,27,30). The van der Waals surface area contributed by atoms with Gasteiger partial charge in [-0.05, 0) is 67.4 Å². The lowest BCUT2D eigenvalue weighted by Crippen LogP contribution is -2.42. The minimum atomic E-state index is -0.604. The average molecular weight is 408 g/mol. The number of anilines is 1. The zero-order valence-electron chi connectivity index (χ0n) is 18.1. The largest absolute Gasteiger partial charge is 0.348 e. The second-order valence-corrected chi connectivity index (χ2v) is 8.46. The number of hydrogen-bond acceptors (Lipinski definition) is 3. The number of nitrogens with zero attached hydrogens (tertiary/aromatic N) is 1. The van der Waals surface area contributed by atoms with Crippen molar-refractivity contribution < 1.29 is 9.59 Å². The van der Waals surface area contributed by atoms with Gasteiger partial charge in [0, 0.05) is 18.8 Å². The smallest absolute Gasteiger partial charge is 0.313 e. The number of carbonyl (C=O) groups is 2. The summed E-state index contributed by atoms with van der Waals surface area (Å²) in [6.45, 7) is 7.96. The molecular weight excluding hydrogens is 374 g/mol. The van der Waals surface area contributed by atoms with Crippen LogP contribution in [0.3, 0.4) is 0 Å². The molecule has 30 heavy (non-hydrogen) atoms. The Morgan fingerprint density at radius 3 is 2.27 bits per heavy atom. The average Bonchev–Trinajstić information content (AvgIpc) is 2.77. The van der Waals surface area contributed by atoms with Crippen molar-refractivity contribution in [3.8, 4) is 0 Å². The highest BCUT2D eigenvalue weighted by Gasteiger charge is 2.21. The first-order valence-corrected chi connectivity index (χ1v) is 11.0. The highest BCUT2D eigenvalue weighted by Crippen LogP contribution is 2.18. The first-order valence-electron chi connectivity index (χ1n) is 11.0. The van der Waals surface area contributed by atoms with E-state index < -0.39 is 11.8 Å². The van der Waals surface area contributed by atoms with E-state index in [0.717, 1.165) is 38.9 Å². The van der Waals surface area contributed by atoms with Gasteiger partial charge in [-0.25, -0.2) is 0 Å². The maximum absolute atomic E-state index is 12.2. The summed E-state index contributed by atoms with van der Waals surface area (Å²) < 4.78 is 0. The van der Waals surface area contributed by atoms with E-state index in [1.165, 1.54) is 11.1 Å². The van der Waals surface area contributed by atoms with Crippen LogP contribution in [-0.2, 0) is 16.0 Å². The van der Waals surface area contributed by atoms with Gasteiger partial charge >= 0.3 is 11.8 Å². The summed E-state index contributed by atoms with van der Waals surface area (Å²) in [5, 5.41) is 5.48. The van der Waals surface area contributed by atoms with Gasteiger partial charge in [0.05, 0.1) is 0 Å². The molecule has 2 N–H and O–H groups in total. The van der Waals surface area contributed by atoms with Crippen LogP contribution in [0, 0.1) is 5.92 Å². The molecule has 2 amide bonds. The number of hydrogen-bond donors (Lipinski definition) is 2. The fourth-order valence-corrected chi connectivity index (χ4v) is 3.80. The third-order valence-corrected chi connectivity index (χ3v) is 5.86. The van der Waals surface area contributed by atoms with E-state index >= 15 is 0 Å². The number of likely N-dealkylation sites (tertiary alicyclic amines) is 1. The second-order valence-electron chi connectivity index (χ2n) is 8.46. The van der Waals surface area contributed by atoms with Gasteiger partial charge in [0.1, 0.15) is 0 Å². The van der Waals surface area contributed by atoms with E-state index in [9.17, 15) is 9.59 Å². The molecule has 1 fully saturated rings. The normalized spacial score (nSPS) is 15.2. The first kappa shape index (κ1) is 22.0. The molecule has 5 heteroatoms. The summed E-state index contributed by atoms with van der Waals surface area (Å²) in [5.41, 5.74) is 3.22. The number of nitrogens with one attached hydrogen (secondary N) is 2. The van der Waals surface area contributed by atoms with Gasteiger partial charge in [0.25, 0.3) is 0 Å². The second kappa shape index (κ2) is 10.9. The molecule has 1 heterocycles. The Morgan fingerprint density at radius 1 is 0.967 bits per heavy atom. The molecule has 0 atom stereocenters. The van der Waals surface area contributed by atoms with Gasteiger partial charge in [-0.15, -0.1) is 0 Å². The van der Waals surface area contributed by atoms with E-state index in [2.05, 4.69) is 53.6 Å². The Hall–Kier alpha value is -2.66. The summed E-state index contributed by atoms with van der Waals surface area (Å²) >= 11 is 0. The molecule has 0 spiro atoms. The van der Waals surface area contributed by atoms with Gasteiger partial charge in [-0.1, -0.05) is 56.3 Å². The maximum Gasteiger partial charge on any atom is 0.313 e. The Morgan fingerprint density at radius 2 is 1.63 bits per heavy atom. The summed E-state index contributed by atoms with van der Waals surface area (Å²) in [5.74, 6) is -0.301. The van der Waals surface area contributed by atoms with Crippen LogP contribution in [0.2, 0.25) is 0 Å². The number of carbonyl (C=O) groups excluding carboxylic acids is 2. The molecule has 3 rings (SSSR count). The van der Waals surface area contributed by atoms with Gasteiger partial charge in [-0.3, -0.25) is 9.59 Å². The lowest BCUT2D eigenvalue weighted by atomic mass is 9.96. The van der Waals surface area contributed by atoms with Crippen molar-refractivity contribution in [2.75, 3.05) is 31.5 Å². The van der Waals surface area contributed by atoms with Crippen molar-refractivity contribution in [1.29, 1.82) is 0 Å². The Kier molecular flexibility index (Phi) is 8.03. The molecular formula is C25H33N3O2. The molecule has 160 valence electrons.